The largest absolute Gasteiger partial charge is 0.405 e. The minimum atomic E-state index is -4.46. The minimum Gasteiger partial charge on any atom is -0.345 e. The Kier molecular flexibility index (Phi) is 5.22. The number of amides is 2. The molecule has 0 saturated carbocycles. The molecule has 0 radical (unpaired) electrons. The van der Waals surface area contributed by atoms with Crippen molar-refractivity contribution in [1.29, 1.82) is 0 Å². The van der Waals surface area contributed by atoms with Gasteiger partial charge in [0.2, 0.25) is 11.8 Å². The molecule has 0 unspecified atom stereocenters. The summed E-state index contributed by atoms with van der Waals surface area (Å²) in [6.07, 6.45) is -4.46. The highest BCUT2D eigenvalue weighted by Crippen LogP contribution is 2.11. The number of alkyl halides is 3. The molecule has 0 aliphatic carbocycles. The van der Waals surface area contributed by atoms with E-state index in [1.54, 1.807) is 5.32 Å². The third-order valence-electron chi connectivity index (χ3n) is 1.63. The number of nitrogens with one attached hydrogen (secondary N) is 1. The van der Waals surface area contributed by atoms with Gasteiger partial charge < -0.3 is 16.0 Å². The maximum absolute atomic E-state index is 11.7. The standard InChI is InChI=1S/C8H14F3N3O2/c1-5(12)7(16)14(2)3-6(15)13-4-8(9,10)11/h5H,3-4,12H2,1-2H3,(H,13,15)/t5-/m0/s1. The number of hydrogen-bond donors (Lipinski definition) is 2. The fraction of sp³-hybridized carbons (Fsp3) is 0.750. The van der Waals surface area contributed by atoms with Crippen LogP contribution in [0, 0.1) is 0 Å². The van der Waals surface area contributed by atoms with Crippen molar-refractivity contribution in [1.82, 2.24) is 10.2 Å². The van der Waals surface area contributed by atoms with E-state index in [2.05, 4.69) is 0 Å². The Bertz CT molecular complexity index is 266. The van der Waals surface area contributed by atoms with Gasteiger partial charge >= 0.3 is 6.18 Å². The number of hydrogen-bond acceptors (Lipinski definition) is 3. The molecule has 0 aromatic heterocycles. The molecule has 0 aromatic carbocycles. The van der Waals surface area contributed by atoms with Crippen LogP contribution in [0.15, 0.2) is 0 Å². The summed E-state index contributed by atoms with van der Waals surface area (Å²) >= 11 is 0. The highest BCUT2D eigenvalue weighted by Gasteiger charge is 2.28. The summed E-state index contributed by atoms with van der Waals surface area (Å²) < 4.78 is 35.2. The Labute approximate surface area is 90.8 Å². The van der Waals surface area contributed by atoms with Gasteiger partial charge in [0.15, 0.2) is 0 Å². The van der Waals surface area contributed by atoms with Crippen LogP contribution in [0.25, 0.3) is 0 Å². The molecule has 0 bridgehead atoms. The van der Waals surface area contributed by atoms with Crippen LogP contribution in [0.4, 0.5) is 13.2 Å². The second-order valence-electron chi connectivity index (χ2n) is 3.37. The number of likely N-dealkylation sites (N-methyl/N-ethyl adjacent to an activating group) is 1. The first kappa shape index (κ1) is 14.7. The van der Waals surface area contributed by atoms with Crippen LogP contribution in [-0.2, 0) is 9.59 Å². The van der Waals surface area contributed by atoms with Crippen molar-refractivity contribution >= 4 is 11.8 Å². The van der Waals surface area contributed by atoms with Gasteiger partial charge in [0.1, 0.15) is 6.54 Å². The number of carbonyl (C=O) groups excluding carboxylic acids is 2. The molecule has 0 rings (SSSR count). The van der Waals surface area contributed by atoms with Crippen molar-refractivity contribution in [3.05, 3.63) is 0 Å². The smallest absolute Gasteiger partial charge is 0.345 e. The second-order valence-corrected chi connectivity index (χ2v) is 3.37. The molecule has 0 spiro atoms. The molecule has 0 saturated heterocycles. The van der Waals surface area contributed by atoms with Crippen LogP contribution in [0.5, 0.6) is 0 Å². The van der Waals surface area contributed by atoms with E-state index in [-0.39, 0.29) is 0 Å². The highest BCUT2D eigenvalue weighted by molar-refractivity contribution is 5.86. The number of halogens is 3. The van der Waals surface area contributed by atoms with Gasteiger partial charge in [-0.15, -0.1) is 0 Å². The van der Waals surface area contributed by atoms with Crippen LogP contribution in [0.2, 0.25) is 0 Å². The van der Waals surface area contributed by atoms with E-state index >= 15 is 0 Å². The molecule has 2 amide bonds. The lowest BCUT2D eigenvalue weighted by Crippen LogP contribution is -2.46. The van der Waals surface area contributed by atoms with E-state index in [0.717, 1.165) is 4.90 Å². The topological polar surface area (TPSA) is 75.4 Å². The summed E-state index contributed by atoms with van der Waals surface area (Å²) in [5.74, 6) is -1.39. The molecule has 0 fully saturated rings. The molecule has 16 heavy (non-hydrogen) atoms. The summed E-state index contributed by atoms with van der Waals surface area (Å²) in [4.78, 5) is 23.1. The Hall–Kier alpha value is -1.31. The lowest BCUT2D eigenvalue weighted by atomic mass is 10.3. The van der Waals surface area contributed by atoms with Crippen LogP contribution < -0.4 is 11.1 Å². The predicted octanol–water partition coefficient (Wildman–Crippen LogP) is -0.529. The molecule has 0 aliphatic rings. The van der Waals surface area contributed by atoms with Gasteiger partial charge in [-0.25, -0.2) is 0 Å². The Balaban J connectivity index is 4.02. The number of nitrogens with two attached hydrogens (primary N) is 1. The third-order valence-corrected chi connectivity index (χ3v) is 1.63. The first-order chi connectivity index (χ1) is 7.13. The summed E-state index contributed by atoms with van der Waals surface area (Å²) in [6, 6.07) is -0.791. The summed E-state index contributed by atoms with van der Waals surface area (Å²) in [5, 5.41) is 1.65. The van der Waals surface area contributed by atoms with Gasteiger partial charge in [-0.3, -0.25) is 9.59 Å². The van der Waals surface area contributed by atoms with Crippen LogP contribution in [-0.4, -0.2) is 49.1 Å². The zero-order valence-corrected chi connectivity index (χ0v) is 8.97. The van der Waals surface area contributed by atoms with E-state index in [4.69, 9.17) is 5.73 Å². The number of nitrogens with zero attached hydrogens (tertiary/aromatic N) is 1. The van der Waals surface area contributed by atoms with E-state index < -0.39 is 37.1 Å². The van der Waals surface area contributed by atoms with E-state index in [0.29, 0.717) is 0 Å². The molecule has 0 heterocycles. The highest BCUT2D eigenvalue weighted by atomic mass is 19.4. The average Bonchev–Trinajstić information content (AvgIpc) is 2.12. The van der Waals surface area contributed by atoms with Gasteiger partial charge in [-0.2, -0.15) is 13.2 Å². The molecule has 5 nitrogen and oxygen atoms in total. The van der Waals surface area contributed by atoms with Gasteiger partial charge in [0, 0.05) is 7.05 Å². The molecule has 3 N–H and O–H groups in total. The molecular formula is C8H14F3N3O2. The normalized spacial score (nSPS) is 13.1. The van der Waals surface area contributed by atoms with Crippen molar-refractivity contribution in [3.63, 3.8) is 0 Å². The Morgan fingerprint density at radius 3 is 2.31 bits per heavy atom. The van der Waals surface area contributed by atoms with E-state index in [9.17, 15) is 22.8 Å². The van der Waals surface area contributed by atoms with Gasteiger partial charge in [-0.05, 0) is 6.92 Å². The fourth-order valence-corrected chi connectivity index (χ4v) is 0.896. The van der Waals surface area contributed by atoms with Gasteiger partial charge in [-0.1, -0.05) is 0 Å². The van der Waals surface area contributed by atoms with Gasteiger partial charge in [0.05, 0.1) is 12.6 Å². The molecule has 94 valence electrons. The summed E-state index contributed by atoms with van der Waals surface area (Å²) in [6.45, 7) is -0.436. The van der Waals surface area contributed by atoms with E-state index in [1.807, 2.05) is 0 Å². The lowest BCUT2D eigenvalue weighted by Gasteiger charge is -2.18. The SMILES string of the molecule is C[C@H](N)C(=O)N(C)CC(=O)NCC(F)(F)F. The predicted molar refractivity (Wildman–Crippen MR) is 50.4 cm³/mol. The maximum Gasteiger partial charge on any atom is 0.405 e. The summed E-state index contributed by atoms with van der Waals surface area (Å²) in [5.41, 5.74) is 5.25. The van der Waals surface area contributed by atoms with Crippen LogP contribution in [0.3, 0.4) is 0 Å². The molecule has 0 aliphatic heterocycles. The van der Waals surface area contributed by atoms with Crippen molar-refractivity contribution in [2.75, 3.05) is 20.1 Å². The van der Waals surface area contributed by atoms with E-state index in [1.165, 1.54) is 14.0 Å². The monoisotopic (exact) mass is 241 g/mol. The first-order valence-corrected chi connectivity index (χ1v) is 4.47. The van der Waals surface area contributed by atoms with Crippen molar-refractivity contribution in [3.8, 4) is 0 Å². The van der Waals surface area contributed by atoms with Crippen LogP contribution in [0.1, 0.15) is 6.92 Å². The Morgan fingerprint density at radius 2 is 1.94 bits per heavy atom. The lowest BCUT2D eigenvalue weighted by molar-refractivity contribution is -0.141. The third kappa shape index (κ3) is 6.23. The number of carbonyl (C=O) groups is 2. The first-order valence-electron chi connectivity index (χ1n) is 4.47. The Morgan fingerprint density at radius 1 is 1.44 bits per heavy atom. The van der Waals surface area contributed by atoms with Crippen molar-refractivity contribution < 1.29 is 22.8 Å². The average molecular weight is 241 g/mol. The second kappa shape index (κ2) is 5.69. The van der Waals surface area contributed by atoms with Crippen molar-refractivity contribution in [2.24, 2.45) is 5.73 Å². The minimum absolute atomic E-state index is 0.448. The molecule has 0 aromatic rings. The summed E-state index contributed by atoms with van der Waals surface area (Å²) in [7, 11) is 1.29. The molecule has 8 heteroatoms. The molecular weight excluding hydrogens is 227 g/mol. The van der Waals surface area contributed by atoms with Crippen molar-refractivity contribution in [2.45, 2.75) is 19.1 Å². The maximum atomic E-state index is 11.7. The number of rotatable bonds is 4. The fourth-order valence-electron chi connectivity index (χ4n) is 0.896. The molecule has 1 atom stereocenters. The van der Waals surface area contributed by atoms with Gasteiger partial charge in [0.25, 0.3) is 0 Å². The zero-order chi connectivity index (χ0) is 12.9. The van der Waals surface area contributed by atoms with Crippen LogP contribution >= 0.6 is 0 Å². The quantitative estimate of drug-likeness (QED) is 0.694. The zero-order valence-electron chi connectivity index (χ0n) is 8.97.